The predicted octanol–water partition coefficient (Wildman–Crippen LogP) is 7.44. The van der Waals surface area contributed by atoms with E-state index in [0.717, 1.165) is 34.4 Å². The summed E-state index contributed by atoms with van der Waals surface area (Å²) >= 11 is 5.39. The molecule has 0 saturated heterocycles. The average molecular weight is 522 g/mol. The first-order chi connectivity index (χ1) is 15.9. The van der Waals surface area contributed by atoms with Crippen molar-refractivity contribution in [3.63, 3.8) is 0 Å². The molecule has 4 aromatic rings. The maximum absolute atomic E-state index is 12.7. The van der Waals surface area contributed by atoms with Crippen molar-refractivity contribution in [1.82, 2.24) is 9.47 Å². The molecule has 5 heteroatoms. The molecule has 0 aliphatic rings. The summed E-state index contributed by atoms with van der Waals surface area (Å²) in [6.07, 6.45) is 1.46. The van der Waals surface area contributed by atoms with Crippen LogP contribution in [0.5, 0.6) is 0 Å². The third-order valence-electron chi connectivity index (χ3n) is 5.80. The van der Waals surface area contributed by atoms with E-state index >= 15 is 0 Å². The van der Waals surface area contributed by atoms with Gasteiger partial charge in [-0.25, -0.2) is 0 Å². The SMILES string of the molecule is Cc1c(Sc2cccc(C(=O)CCCN(C)C)c2)c2ccc(Br)cc2n1Cc1ccccc1. The lowest BCUT2D eigenvalue weighted by molar-refractivity contribution is 0.0977. The Labute approximate surface area is 208 Å². The van der Waals surface area contributed by atoms with Gasteiger partial charge in [0.25, 0.3) is 0 Å². The van der Waals surface area contributed by atoms with Gasteiger partial charge in [0.1, 0.15) is 0 Å². The maximum atomic E-state index is 12.7. The summed E-state index contributed by atoms with van der Waals surface area (Å²) in [4.78, 5) is 17.2. The smallest absolute Gasteiger partial charge is 0.162 e. The molecule has 0 radical (unpaired) electrons. The zero-order valence-corrected chi connectivity index (χ0v) is 21.7. The van der Waals surface area contributed by atoms with Gasteiger partial charge in [0, 0.05) is 43.9 Å². The Balaban J connectivity index is 1.64. The Hall–Kier alpha value is -2.34. The molecule has 0 spiro atoms. The molecule has 33 heavy (non-hydrogen) atoms. The first kappa shape index (κ1) is 23.8. The van der Waals surface area contributed by atoms with Crippen molar-refractivity contribution in [1.29, 1.82) is 0 Å². The van der Waals surface area contributed by atoms with Crippen molar-refractivity contribution in [2.24, 2.45) is 0 Å². The van der Waals surface area contributed by atoms with Crippen LogP contribution in [-0.4, -0.2) is 35.9 Å². The number of ketones is 1. The van der Waals surface area contributed by atoms with Gasteiger partial charge in [-0.2, -0.15) is 0 Å². The van der Waals surface area contributed by atoms with Crippen LogP contribution in [0.3, 0.4) is 0 Å². The topological polar surface area (TPSA) is 25.2 Å². The maximum Gasteiger partial charge on any atom is 0.162 e. The molecule has 0 aliphatic heterocycles. The van der Waals surface area contributed by atoms with Crippen molar-refractivity contribution in [3.8, 4) is 0 Å². The second-order valence-electron chi connectivity index (χ2n) is 8.61. The summed E-state index contributed by atoms with van der Waals surface area (Å²) in [6, 6.07) is 25.1. The first-order valence-corrected chi connectivity index (χ1v) is 12.8. The number of halogens is 1. The number of hydrogen-bond acceptors (Lipinski definition) is 3. The fourth-order valence-corrected chi connectivity index (χ4v) is 5.53. The normalized spacial score (nSPS) is 11.4. The quantitative estimate of drug-likeness (QED) is 0.214. The highest BCUT2D eigenvalue weighted by molar-refractivity contribution is 9.10. The number of carbonyl (C=O) groups excluding carboxylic acids is 1. The van der Waals surface area contributed by atoms with Crippen LogP contribution >= 0.6 is 27.7 Å². The Morgan fingerprint density at radius 1 is 1.00 bits per heavy atom. The zero-order chi connectivity index (χ0) is 23.4. The third kappa shape index (κ3) is 5.78. The lowest BCUT2D eigenvalue weighted by Crippen LogP contribution is -2.14. The summed E-state index contributed by atoms with van der Waals surface area (Å²) in [5, 5.41) is 1.24. The third-order valence-corrected chi connectivity index (χ3v) is 7.50. The van der Waals surface area contributed by atoms with E-state index in [0.29, 0.717) is 6.42 Å². The fraction of sp³-hybridized carbons (Fsp3) is 0.250. The fourth-order valence-electron chi connectivity index (χ4n) is 4.07. The number of nitrogens with zero attached hydrogens (tertiary/aromatic N) is 2. The highest BCUT2D eigenvalue weighted by Crippen LogP contribution is 2.39. The molecule has 170 valence electrons. The van der Waals surface area contributed by atoms with Crippen LogP contribution in [0.15, 0.2) is 87.1 Å². The van der Waals surface area contributed by atoms with Crippen molar-refractivity contribution in [3.05, 3.63) is 94.1 Å². The molecule has 0 N–H and O–H groups in total. The number of Topliss-reactive ketones (excluding diaryl/α,β-unsaturated/α-hetero) is 1. The van der Waals surface area contributed by atoms with Crippen LogP contribution in [0.25, 0.3) is 10.9 Å². The molecule has 0 aliphatic carbocycles. The van der Waals surface area contributed by atoms with Gasteiger partial charge in [0.2, 0.25) is 0 Å². The average Bonchev–Trinajstić information content (AvgIpc) is 3.05. The molecular weight excluding hydrogens is 492 g/mol. The minimum Gasteiger partial charge on any atom is -0.339 e. The lowest BCUT2D eigenvalue weighted by atomic mass is 10.1. The molecule has 0 saturated carbocycles. The number of hydrogen-bond donors (Lipinski definition) is 0. The van der Waals surface area contributed by atoms with E-state index in [4.69, 9.17) is 0 Å². The molecule has 0 amide bonds. The van der Waals surface area contributed by atoms with Gasteiger partial charge in [0.05, 0.1) is 5.52 Å². The second kappa shape index (κ2) is 10.7. The van der Waals surface area contributed by atoms with Crippen LogP contribution in [0.4, 0.5) is 0 Å². The second-order valence-corrected chi connectivity index (χ2v) is 10.6. The van der Waals surface area contributed by atoms with E-state index in [-0.39, 0.29) is 5.78 Å². The van der Waals surface area contributed by atoms with Crippen LogP contribution in [0.1, 0.15) is 34.5 Å². The molecule has 0 bridgehead atoms. The first-order valence-electron chi connectivity index (χ1n) is 11.2. The van der Waals surface area contributed by atoms with E-state index in [9.17, 15) is 4.79 Å². The van der Waals surface area contributed by atoms with E-state index in [1.807, 2.05) is 32.3 Å². The van der Waals surface area contributed by atoms with Gasteiger partial charge in [0.15, 0.2) is 5.78 Å². The molecule has 3 nitrogen and oxygen atoms in total. The summed E-state index contributed by atoms with van der Waals surface area (Å²) in [7, 11) is 4.08. The van der Waals surface area contributed by atoms with Crippen molar-refractivity contribution in [2.75, 3.05) is 20.6 Å². The standard InChI is InChI=1S/C28H29BrN2OS/c1-20-28(33-24-12-7-11-22(17-24)27(32)13-8-16-30(2)3)25-15-14-23(29)18-26(25)31(20)19-21-9-5-4-6-10-21/h4-7,9-12,14-15,17-18H,8,13,16,19H2,1-3H3. The largest absolute Gasteiger partial charge is 0.339 e. The van der Waals surface area contributed by atoms with Crippen LogP contribution in [0.2, 0.25) is 0 Å². The van der Waals surface area contributed by atoms with Crippen LogP contribution in [-0.2, 0) is 6.54 Å². The van der Waals surface area contributed by atoms with Crippen molar-refractivity contribution < 1.29 is 4.79 Å². The summed E-state index contributed by atoms with van der Waals surface area (Å²) in [5.74, 6) is 0.214. The molecule has 3 aromatic carbocycles. The Morgan fingerprint density at radius 3 is 2.55 bits per heavy atom. The van der Waals surface area contributed by atoms with Crippen LogP contribution < -0.4 is 0 Å². The summed E-state index contributed by atoms with van der Waals surface area (Å²) in [5.41, 5.74) is 4.52. The molecule has 1 aromatic heterocycles. The summed E-state index contributed by atoms with van der Waals surface area (Å²) in [6.45, 7) is 3.94. The molecule has 0 unspecified atom stereocenters. The molecular formula is C28H29BrN2OS. The zero-order valence-electron chi connectivity index (χ0n) is 19.3. The van der Waals surface area contributed by atoms with Gasteiger partial charge in [-0.15, -0.1) is 0 Å². The monoisotopic (exact) mass is 520 g/mol. The highest BCUT2D eigenvalue weighted by Gasteiger charge is 2.17. The summed E-state index contributed by atoms with van der Waals surface area (Å²) < 4.78 is 3.46. The molecule has 0 atom stereocenters. The van der Waals surface area contributed by atoms with Crippen LogP contribution in [0, 0.1) is 6.92 Å². The van der Waals surface area contributed by atoms with Gasteiger partial charge < -0.3 is 9.47 Å². The minimum atomic E-state index is 0.214. The van der Waals surface area contributed by atoms with Crippen molar-refractivity contribution in [2.45, 2.75) is 36.1 Å². The van der Waals surface area contributed by atoms with Crippen molar-refractivity contribution >= 4 is 44.4 Å². The number of carbonyl (C=O) groups is 1. The molecule has 1 heterocycles. The predicted molar refractivity (Wildman–Crippen MR) is 143 cm³/mol. The van der Waals surface area contributed by atoms with E-state index in [1.165, 1.54) is 27.1 Å². The number of rotatable bonds is 9. The van der Waals surface area contributed by atoms with Gasteiger partial charge in [-0.05, 0) is 63.8 Å². The minimum absolute atomic E-state index is 0.214. The number of aromatic nitrogens is 1. The number of benzene rings is 3. The van der Waals surface area contributed by atoms with E-state index in [2.05, 4.69) is 86.9 Å². The molecule has 4 rings (SSSR count). The highest BCUT2D eigenvalue weighted by atomic mass is 79.9. The lowest BCUT2D eigenvalue weighted by Gasteiger charge is -2.10. The van der Waals surface area contributed by atoms with Gasteiger partial charge in [-0.3, -0.25) is 4.79 Å². The number of fused-ring (bicyclic) bond motifs is 1. The van der Waals surface area contributed by atoms with Gasteiger partial charge >= 0.3 is 0 Å². The molecule has 0 fully saturated rings. The van der Waals surface area contributed by atoms with E-state index in [1.54, 1.807) is 11.8 Å². The Kier molecular flexibility index (Phi) is 7.74. The Bertz CT molecular complexity index is 1260. The Morgan fingerprint density at radius 2 is 1.79 bits per heavy atom. The van der Waals surface area contributed by atoms with Gasteiger partial charge in [-0.1, -0.05) is 76.2 Å². The van der Waals surface area contributed by atoms with E-state index < -0.39 is 0 Å².